The molecular formula is C12H19NO2S. The van der Waals surface area contributed by atoms with Crippen molar-refractivity contribution in [3.63, 3.8) is 0 Å². The second kappa shape index (κ2) is 5.34. The first-order chi connectivity index (χ1) is 7.45. The van der Waals surface area contributed by atoms with Gasteiger partial charge in [-0.2, -0.15) is 0 Å². The Morgan fingerprint density at radius 3 is 2.19 bits per heavy atom. The summed E-state index contributed by atoms with van der Waals surface area (Å²) in [6, 6.07) is 7.29. The van der Waals surface area contributed by atoms with Gasteiger partial charge in [-0.25, -0.2) is 8.42 Å². The van der Waals surface area contributed by atoms with Crippen LogP contribution in [0.1, 0.15) is 27.2 Å². The van der Waals surface area contributed by atoms with Gasteiger partial charge in [-0.05, 0) is 44.5 Å². The van der Waals surface area contributed by atoms with Crippen molar-refractivity contribution in [3.8, 4) is 0 Å². The van der Waals surface area contributed by atoms with Gasteiger partial charge in [-0.3, -0.25) is 0 Å². The minimum Gasteiger partial charge on any atom is -0.383 e. The largest absolute Gasteiger partial charge is 0.383 e. The third-order valence-corrected chi connectivity index (χ3v) is 4.08. The van der Waals surface area contributed by atoms with Crippen LogP contribution in [0.2, 0.25) is 0 Å². The predicted molar refractivity (Wildman–Crippen MR) is 67.5 cm³/mol. The zero-order chi connectivity index (χ0) is 12.2. The molecule has 0 aliphatic heterocycles. The fourth-order valence-corrected chi connectivity index (χ4v) is 2.80. The number of benzene rings is 1. The molecule has 3 nitrogen and oxygen atoms in total. The van der Waals surface area contributed by atoms with Crippen LogP contribution in [0, 0.1) is 0 Å². The average Bonchev–Trinajstić information content (AvgIpc) is 2.17. The van der Waals surface area contributed by atoms with Gasteiger partial charge in [0, 0.05) is 11.7 Å². The molecule has 4 heteroatoms. The fourth-order valence-electron chi connectivity index (χ4n) is 1.48. The summed E-state index contributed by atoms with van der Waals surface area (Å²) in [5.41, 5.74) is 0.949. The summed E-state index contributed by atoms with van der Waals surface area (Å²) < 4.78 is 23.5. The van der Waals surface area contributed by atoms with Gasteiger partial charge >= 0.3 is 0 Å². The van der Waals surface area contributed by atoms with E-state index in [1.54, 1.807) is 12.1 Å². The van der Waals surface area contributed by atoms with Crippen LogP contribution < -0.4 is 5.32 Å². The van der Waals surface area contributed by atoms with Gasteiger partial charge in [-0.1, -0.05) is 6.92 Å². The number of rotatable bonds is 5. The highest BCUT2D eigenvalue weighted by Crippen LogP contribution is 2.16. The lowest BCUT2D eigenvalue weighted by Crippen LogP contribution is -2.10. The van der Waals surface area contributed by atoms with Gasteiger partial charge < -0.3 is 5.32 Å². The standard InChI is InChI=1S/C12H19NO2S/c1-4-9-16(14,15)12-7-5-11(6-8-12)13-10(2)3/h5-8,10,13H,4,9H2,1-3H3. The molecule has 90 valence electrons. The molecule has 1 rings (SSSR count). The number of nitrogens with one attached hydrogen (secondary N) is 1. The number of hydrogen-bond donors (Lipinski definition) is 1. The summed E-state index contributed by atoms with van der Waals surface area (Å²) in [4.78, 5) is 0.406. The summed E-state index contributed by atoms with van der Waals surface area (Å²) in [6.07, 6.45) is 0.647. The SMILES string of the molecule is CCCS(=O)(=O)c1ccc(NC(C)C)cc1. The average molecular weight is 241 g/mol. The van der Waals surface area contributed by atoms with Crippen LogP contribution in [0.25, 0.3) is 0 Å². The topological polar surface area (TPSA) is 46.2 Å². The van der Waals surface area contributed by atoms with Crippen LogP contribution in [-0.2, 0) is 9.84 Å². The first kappa shape index (κ1) is 13.0. The van der Waals surface area contributed by atoms with Gasteiger partial charge in [0.15, 0.2) is 9.84 Å². The Bertz CT molecular complexity index is 421. The normalized spacial score (nSPS) is 11.8. The van der Waals surface area contributed by atoms with E-state index in [-0.39, 0.29) is 5.75 Å². The second-order valence-corrected chi connectivity index (χ2v) is 6.25. The van der Waals surface area contributed by atoms with Gasteiger partial charge in [-0.15, -0.1) is 0 Å². The number of anilines is 1. The molecule has 0 heterocycles. The minimum absolute atomic E-state index is 0.212. The van der Waals surface area contributed by atoms with Gasteiger partial charge in [0.05, 0.1) is 10.6 Å². The molecule has 1 N–H and O–H groups in total. The molecule has 1 aromatic carbocycles. The third-order valence-electron chi connectivity index (χ3n) is 2.14. The van der Waals surface area contributed by atoms with E-state index < -0.39 is 9.84 Å². The van der Waals surface area contributed by atoms with E-state index in [4.69, 9.17) is 0 Å². The van der Waals surface area contributed by atoms with E-state index in [0.717, 1.165) is 5.69 Å². The van der Waals surface area contributed by atoms with Gasteiger partial charge in [0.1, 0.15) is 0 Å². The molecule has 0 aliphatic rings. The molecule has 0 bridgehead atoms. The van der Waals surface area contributed by atoms with Gasteiger partial charge in [0.25, 0.3) is 0 Å². The lowest BCUT2D eigenvalue weighted by Gasteiger charge is -2.10. The predicted octanol–water partition coefficient (Wildman–Crippen LogP) is 2.69. The quantitative estimate of drug-likeness (QED) is 0.862. The van der Waals surface area contributed by atoms with Crippen LogP contribution in [0.4, 0.5) is 5.69 Å². The van der Waals surface area contributed by atoms with Crippen LogP contribution >= 0.6 is 0 Å². The van der Waals surface area contributed by atoms with E-state index in [1.807, 2.05) is 32.9 Å². The fraction of sp³-hybridized carbons (Fsp3) is 0.500. The van der Waals surface area contributed by atoms with Crippen LogP contribution in [0.3, 0.4) is 0 Å². The van der Waals surface area contributed by atoms with E-state index in [2.05, 4.69) is 5.32 Å². The Labute approximate surface area is 97.8 Å². The summed E-state index contributed by atoms with van der Waals surface area (Å²) in [5.74, 6) is 0.212. The molecule has 0 amide bonds. The number of hydrogen-bond acceptors (Lipinski definition) is 3. The number of sulfone groups is 1. The maximum atomic E-state index is 11.7. The zero-order valence-corrected chi connectivity index (χ0v) is 10.8. The molecule has 0 radical (unpaired) electrons. The molecule has 0 unspecified atom stereocenters. The van der Waals surface area contributed by atoms with Crippen molar-refractivity contribution in [2.75, 3.05) is 11.1 Å². The Morgan fingerprint density at radius 1 is 1.19 bits per heavy atom. The monoisotopic (exact) mass is 241 g/mol. The molecule has 0 atom stereocenters. The minimum atomic E-state index is -3.08. The Balaban J connectivity index is 2.87. The lowest BCUT2D eigenvalue weighted by atomic mass is 10.3. The maximum absolute atomic E-state index is 11.7. The lowest BCUT2D eigenvalue weighted by molar-refractivity contribution is 0.595. The second-order valence-electron chi connectivity index (χ2n) is 4.14. The molecular weight excluding hydrogens is 222 g/mol. The van der Waals surface area contributed by atoms with Gasteiger partial charge in [0.2, 0.25) is 0 Å². The molecule has 0 fully saturated rings. The van der Waals surface area contributed by atoms with Crippen molar-refractivity contribution in [2.45, 2.75) is 38.1 Å². The zero-order valence-electron chi connectivity index (χ0n) is 10.0. The highest BCUT2D eigenvalue weighted by atomic mass is 32.2. The van der Waals surface area contributed by atoms with Crippen molar-refractivity contribution in [1.29, 1.82) is 0 Å². The Morgan fingerprint density at radius 2 is 1.75 bits per heavy atom. The summed E-state index contributed by atoms with van der Waals surface area (Å²) in [6.45, 7) is 5.95. The van der Waals surface area contributed by atoms with Crippen molar-refractivity contribution in [2.24, 2.45) is 0 Å². The summed E-state index contributed by atoms with van der Waals surface area (Å²) >= 11 is 0. The van der Waals surface area contributed by atoms with E-state index in [9.17, 15) is 8.42 Å². The molecule has 1 aromatic rings. The van der Waals surface area contributed by atoms with E-state index >= 15 is 0 Å². The van der Waals surface area contributed by atoms with Crippen LogP contribution in [0.5, 0.6) is 0 Å². The van der Waals surface area contributed by atoms with Crippen molar-refractivity contribution in [1.82, 2.24) is 0 Å². The Kier molecular flexibility index (Phi) is 4.35. The first-order valence-corrected chi connectivity index (χ1v) is 7.20. The summed E-state index contributed by atoms with van der Waals surface area (Å²) in [5, 5.41) is 3.22. The maximum Gasteiger partial charge on any atom is 0.178 e. The first-order valence-electron chi connectivity index (χ1n) is 5.55. The highest BCUT2D eigenvalue weighted by Gasteiger charge is 2.12. The smallest absolute Gasteiger partial charge is 0.178 e. The molecule has 0 saturated heterocycles. The highest BCUT2D eigenvalue weighted by molar-refractivity contribution is 7.91. The van der Waals surface area contributed by atoms with Crippen LogP contribution in [0.15, 0.2) is 29.2 Å². The molecule has 0 saturated carbocycles. The van der Waals surface area contributed by atoms with E-state index in [0.29, 0.717) is 17.4 Å². The molecule has 0 spiro atoms. The molecule has 16 heavy (non-hydrogen) atoms. The van der Waals surface area contributed by atoms with E-state index in [1.165, 1.54) is 0 Å². The van der Waals surface area contributed by atoms with Crippen molar-refractivity contribution >= 4 is 15.5 Å². The van der Waals surface area contributed by atoms with Crippen molar-refractivity contribution < 1.29 is 8.42 Å². The molecule has 0 aromatic heterocycles. The molecule has 0 aliphatic carbocycles. The third kappa shape index (κ3) is 3.52. The summed E-state index contributed by atoms with van der Waals surface area (Å²) in [7, 11) is -3.08. The van der Waals surface area contributed by atoms with Crippen molar-refractivity contribution in [3.05, 3.63) is 24.3 Å². The van der Waals surface area contributed by atoms with Crippen LogP contribution in [-0.4, -0.2) is 20.2 Å². The Hall–Kier alpha value is -1.03.